The van der Waals surface area contributed by atoms with Crippen LogP contribution in [0.25, 0.3) is 10.9 Å². The monoisotopic (exact) mass is 426 g/mol. The van der Waals surface area contributed by atoms with Crippen molar-refractivity contribution in [3.8, 4) is 11.5 Å². The second-order valence-corrected chi connectivity index (χ2v) is 7.21. The van der Waals surface area contributed by atoms with Gasteiger partial charge in [-0.25, -0.2) is 15.0 Å². The quantitative estimate of drug-likeness (QED) is 0.520. The molecular weight excluding hydrogens is 400 g/mol. The lowest BCUT2D eigenvalue weighted by Crippen LogP contribution is -2.34. The molecule has 0 fully saturated rings. The Morgan fingerprint density at radius 1 is 1.16 bits per heavy atom. The van der Waals surface area contributed by atoms with Crippen LogP contribution in [0.3, 0.4) is 0 Å². The largest absolute Gasteiger partial charge is 0.493 e. The maximum Gasteiger partial charge on any atom is 0.260 e. The first-order valence-electron chi connectivity index (χ1n) is 10.1. The minimum atomic E-state index is -0.227. The third kappa shape index (κ3) is 4.24. The summed E-state index contributed by atoms with van der Waals surface area (Å²) in [6.07, 6.45) is 3.21. The summed E-state index contributed by atoms with van der Waals surface area (Å²) in [5.41, 5.74) is 2.34. The van der Waals surface area contributed by atoms with Crippen LogP contribution >= 0.6 is 0 Å². The Balaban J connectivity index is 1.60. The van der Waals surface area contributed by atoms with E-state index in [0.29, 0.717) is 48.0 Å². The molecule has 0 radical (unpaired) electrons. The Morgan fingerprint density at radius 3 is 2.74 bits per heavy atom. The summed E-state index contributed by atoms with van der Waals surface area (Å²) in [6, 6.07) is 3.36. The van der Waals surface area contributed by atoms with Crippen molar-refractivity contribution in [2.75, 3.05) is 51.2 Å². The molecule has 0 saturated carbocycles. The van der Waals surface area contributed by atoms with Gasteiger partial charge < -0.3 is 24.4 Å². The van der Waals surface area contributed by atoms with Crippen molar-refractivity contribution in [2.24, 2.45) is 0 Å². The van der Waals surface area contributed by atoms with E-state index in [9.17, 15) is 4.79 Å². The van der Waals surface area contributed by atoms with Crippen LogP contribution in [0, 0.1) is 0 Å². The number of anilines is 2. The summed E-state index contributed by atoms with van der Waals surface area (Å²) >= 11 is 0. The molecule has 0 atom stereocenters. The maximum absolute atomic E-state index is 12.7. The number of aromatic nitrogens is 4. The normalized spacial score (nSPS) is 13.2. The zero-order valence-electron chi connectivity index (χ0n) is 17.9. The van der Waals surface area contributed by atoms with Gasteiger partial charge in [-0.3, -0.25) is 9.78 Å². The topological polar surface area (TPSA) is 114 Å². The van der Waals surface area contributed by atoms with Crippen LogP contribution < -0.4 is 25.2 Å². The highest BCUT2D eigenvalue weighted by Gasteiger charge is 2.23. The minimum Gasteiger partial charge on any atom is -0.493 e. The van der Waals surface area contributed by atoms with E-state index < -0.39 is 0 Å². The maximum atomic E-state index is 12.7. The van der Waals surface area contributed by atoms with Gasteiger partial charge in [0.25, 0.3) is 5.56 Å². The smallest absolute Gasteiger partial charge is 0.260 e. The van der Waals surface area contributed by atoms with E-state index in [0.717, 1.165) is 36.5 Å². The molecule has 0 unspecified atom stereocenters. The molecule has 1 aromatic carbocycles. The van der Waals surface area contributed by atoms with Crippen molar-refractivity contribution in [3.05, 3.63) is 40.1 Å². The number of nitrogens with one attached hydrogen (secondary N) is 2. The molecule has 3 heterocycles. The first-order chi connectivity index (χ1) is 15.1. The number of benzene rings is 1. The molecule has 1 aliphatic heterocycles. The highest BCUT2D eigenvalue weighted by Crippen LogP contribution is 2.31. The van der Waals surface area contributed by atoms with Gasteiger partial charge in [0.2, 0.25) is 5.95 Å². The molecule has 31 heavy (non-hydrogen) atoms. The molecule has 10 nitrogen and oxygen atoms in total. The Hall–Kier alpha value is -3.40. The van der Waals surface area contributed by atoms with Gasteiger partial charge in [0.15, 0.2) is 11.5 Å². The summed E-state index contributed by atoms with van der Waals surface area (Å²) in [5, 5.41) is 3.82. The molecule has 2 aromatic heterocycles. The number of ether oxygens (including phenoxy) is 3. The first kappa shape index (κ1) is 20.9. The van der Waals surface area contributed by atoms with E-state index in [-0.39, 0.29) is 5.56 Å². The van der Waals surface area contributed by atoms with Crippen LogP contribution in [-0.2, 0) is 17.7 Å². The second kappa shape index (κ2) is 9.17. The molecular formula is C21H26N6O4. The van der Waals surface area contributed by atoms with E-state index in [1.165, 1.54) is 7.11 Å². The average molecular weight is 426 g/mol. The number of hydrogen-bond donors (Lipinski definition) is 2. The fourth-order valence-electron chi connectivity index (χ4n) is 3.71. The van der Waals surface area contributed by atoms with E-state index in [2.05, 4.69) is 25.3 Å². The van der Waals surface area contributed by atoms with Crippen LogP contribution in [0.5, 0.6) is 11.5 Å². The summed E-state index contributed by atoms with van der Waals surface area (Å²) < 4.78 is 15.7. The zero-order chi connectivity index (χ0) is 21.8. The Morgan fingerprint density at radius 2 is 1.97 bits per heavy atom. The third-order valence-corrected chi connectivity index (χ3v) is 5.32. The molecule has 2 N–H and O–H groups in total. The van der Waals surface area contributed by atoms with Crippen molar-refractivity contribution >= 4 is 22.7 Å². The van der Waals surface area contributed by atoms with Gasteiger partial charge in [-0.15, -0.1) is 0 Å². The number of methoxy groups -OCH3 is 3. The van der Waals surface area contributed by atoms with Crippen LogP contribution in [0.1, 0.15) is 17.7 Å². The van der Waals surface area contributed by atoms with Gasteiger partial charge in [-0.1, -0.05) is 0 Å². The van der Waals surface area contributed by atoms with Gasteiger partial charge in [0, 0.05) is 38.4 Å². The average Bonchev–Trinajstić information content (AvgIpc) is 2.80. The summed E-state index contributed by atoms with van der Waals surface area (Å²) in [4.78, 5) is 31.2. The van der Waals surface area contributed by atoms with Gasteiger partial charge in [-0.2, -0.15) is 0 Å². The highest BCUT2D eigenvalue weighted by molar-refractivity contribution is 5.82. The molecule has 0 spiro atoms. The SMILES string of the molecule is COCCCNc1ncnc2c1CCN(c1nc3cc(OC)c(OC)cc3c(=O)[nH]1)C2. The second-order valence-electron chi connectivity index (χ2n) is 7.21. The number of fused-ring (bicyclic) bond motifs is 2. The standard InChI is InChI=1S/C21H26N6O4/c1-29-8-4-6-22-19-13-5-7-27(11-16(13)23-12-24-19)21-25-15-10-18(31-3)17(30-2)9-14(15)20(28)26-21/h9-10,12H,4-8,11H2,1-3H3,(H,22,23,24)(H,25,26,28). The third-order valence-electron chi connectivity index (χ3n) is 5.32. The predicted octanol–water partition coefficient (Wildman–Crippen LogP) is 1.74. The molecule has 10 heteroatoms. The number of nitrogens with zero attached hydrogens (tertiary/aromatic N) is 4. The Labute approximate surface area is 179 Å². The molecule has 4 rings (SSSR count). The van der Waals surface area contributed by atoms with Gasteiger partial charge >= 0.3 is 0 Å². The molecule has 0 amide bonds. The lowest BCUT2D eigenvalue weighted by Gasteiger charge is -2.29. The Bertz CT molecular complexity index is 1130. The summed E-state index contributed by atoms with van der Waals surface area (Å²) in [7, 11) is 4.78. The Kier molecular flexibility index (Phi) is 6.17. The van der Waals surface area contributed by atoms with Crippen LogP contribution in [0.15, 0.2) is 23.3 Å². The van der Waals surface area contributed by atoms with Gasteiger partial charge in [0.1, 0.15) is 12.1 Å². The number of aromatic amines is 1. The number of H-pyrrole nitrogens is 1. The number of rotatable bonds is 8. The fraction of sp³-hybridized carbons (Fsp3) is 0.429. The van der Waals surface area contributed by atoms with Crippen molar-refractivity contribution in [3.63, 3.8) is 0 Å². The zero-order valence-corrected chi connectivity index (χ0v) is 17.9. The molecule has 3 aromatic rings. The fourth-order valence-corrected chi connectivity index (χ4v) is 3.71. The lowest BCUT2D eigenvalue weighted by atomic mass is 10.1. The van der Waals surface area contributed by atoms with Crippen molar-refractivity contribution in [1.82, 2.24) is 19.9 Å². The van der Waals surface area contributed by atoms with Crippen molar-refractivity contribution in [1.29, 1.82) is 0 Å². The van der Waals surface area contributed by atoms with Crippen LogP contribution in [0.2, 0.25) is 0 Å². The van der Waals surface area contributed by atoms with Crippen molar-refractivity contribution < 1.29 is 14.2 Å². The molecule has 0 saturated heterocycles. The highest BCUT2D eigenvalue weighted by atomic mass is 16.5. The van der Waals surface area contributed by atoms with E-state index in [1.54, 1.807) is 32.7 Å². The minimum absolute atomic E-state index is 0.227. The molecule has 1 aliphatic rings. The number of hydrogen-bond acceptors (Lipinski definition) is 9. The lowest BCUT2D eigenvalue weighted by molar-refractivity contribution is 0.197. The van der Waals surface area contributed by atoms with Crippen LogP contribution in [-0.4, -0.2) is 61.0 Å². The van der Waals surface area contributed by atoms with Gasteiger partial charge in [0.05, 0.1) is 37.4 Å². The first-order valence-corrected chi connectivity index (χ1v) is 10.1. The van der Waals surface area contributed by atoms with E-state index >= 15 is 0 Å². The van der Waals surface area contributed by atoms with E-state index in [4.69, 9.17) is 14.2 Å². The summed E-state index contributed by atoms with van der Waals surface area (Å²) in [5.74, 6) is 2.38. The molecule has 0 bridgehead atoms. The van der Waals surface area contributed by atoms with Crippen LogP contribution in [0.4, 0.5) is 11.8 Å². The van der Waals surface area contributed by atoms with Crippen molar-refractivity contribution in [2.45, 2.75) is 19.4 Å². The predicted molar refractivity (Wildman–Crippen MR) is 117 cm³/mol. The summed E-state index contributed by atoms with van der Waals surface area (Å²) in [6.45, 7) is 2.71. The van der Waals surface area contributed by atoms with Gasteiger partial charge in [-0.05, 0) is 18.9 Å². The molecule has 164 valence electrons. The molecule has 0 aliphatic carbocycles. The van der Waals surface area contributed by atoms with E-state index in [1.807, 2.05) is 4.90 Å².